The molecule has 1 atom stereocenters. The van der Waals surface area contributed by atoms with Crippen LogP contribution in [0.15, 0.2) is 86.5 Å². The van der Waals surface area contributed by atoms with Crippen LogP contribution >= 0.6 is 27.5 Å². The lowest BCUT2D eigenvalue weighted by Gasteiger charge is -2.36. The second-order valence-corrected chi connectivity index (χ2v) is 13.4. The number of nitrogens with zero attached hydrogens (tertiary/aromatic N) is 2. The number of hydrogen-bond donors (Lipinski definition) is 1. The summed E-state index contributed by atoms with van der Waals surface area (Å²) in [7, 11) is 0. The van der Waals surface area contributed by atoms with Crippen LogP contribution in [-0.2, 0) is 22.6 Å². The molecule has 2 aliphatic rings. The molecule has 0 aliphatic carbocycles. The molecule has 3 amide bonds. The van der Waals surface area contributed by atoms with Gasteiger partial charge in [-0.05, 0) is 78.6 Å². The van der Waals surface area contributed by atoms with Gasteiger partial charge in [0, 0.05) is 54.6 Å². The number of halogens is 2. The zero-order valence-corrected chi connectivity index (χ0v) is 27.7. The Morgan fingerprint density at radius 3 is 2.48 bits per heavy atom. The second kappa shape index (κ2) is 14.2. The van der Waals surface area contributed by atoms with Gasteiger partial charge in [0.2, 0.25) is 11.8 Å². The van der Waals surface area contributed by atoms with Crippen LogP contribution in [0.2, 0.25) is 5.02 Å². The lowest BCUT2D eigenvalue weighted by Crippen LogP contribution is -2.51. The van der Waals surface area contributed by atoms with Crippen LogP contribution in [0, 0.1) is 0 Å². The van der Waals surface area contributed by atoms with Gasteiger partial charge in [0.15, 0.2) is 11.2 Å². The van der Waals surface area contributed by atoms with Crippen molar-refractivity contribution in [2.75, 3.05) is 19.6 Å². The maximum Gasteiger partial charge on any atom is 0.287 e. The summed E-state index contributed by atoms with van der Waals surface area (Å²) in [4.78, 5) is 56.5. The first kappa shape index (κ1) is 32.0. The second-order valence-electron chi connectivity index (χ2n) is 12.0. The molecule has 2 saturated heterocycles. The van der Waals surface area contributed by atoms with Crippen molar-refractivity contribution in [2.24, 2.45) is 0 Å². The van der Waals surface area contributed by atoms with Crippen LogP contribution in [0.3, 0.4) is 0 Å². The van der Waals surface area contributed by atoms with Gasteiger partial charge in [-0.3, -0.25) is 19.2 Å². The quantitative estimate of drug-likeness (QED) is 0.227. The molecular formula is C36H35BrClN3O5. The molecule has 1 aromatic heterocycles. The van der Waals surface area contributed by atoms with Gasteiger partial charge in [-0.1, -0.05) is 63.9 Å². The van der Waals surface area contributed by atoms with Crippen molar-refractivity contribution < 1.29 is 18.8 Å². The number of benzene rings is 3. The molecule has 1 N–H and O–H groups in total. The summed E-state index contributed by atoms with van der Waals surface area (Å²) in [6, 6.07) is 20.8. The highest BCUT2D eigenvalue weighted by Gasteiger charge is 2.32. The van der Waals surface area contributed by atoms with Crippen LogP contribution in [0.1, 0.15) is 65.3 Å². The van der Waals surface area contributed by atoms with E-state index in [0.717, 1.165) is 48.3 Å². The standard InChI is InChI=1S/C36H35BrClN3O5/c37-26-10-13-32-29(20-26)31(42)21-33(46-32)35(44)39-30(19-23-8-11-27(38)12-9-23)36(45)40-17-14-24(15-18-40)28-6-2-1-5-25(28)22-41-16-4-3-7-34(41)43/h1-2,5-6,8-13,20-21,24,30H,3-4,7,14-19,22H2,(H,39,44)/t30-/m1/s1. The molecular weight excluding hydrogens is 670 g/mol. The van der Waals surface area contributed by atoms with Crippen LogP contribution in [0.25, 0.3) is 11.0 Å². The maximum absolute atomic E-state index is 14.0. The Morgan fingerprint density at radius 2 is 1.72 bits per heavy atom. The number of amides is 3. The van der Waals surface area contributed by atoms with Crippen molar-refractivity contribution in [3.63, 3.8) is 0 Å². The number of hydrogen-bond acceptors (Lipinski definition) is 5. The number of nitrogens with one attached hydrogen (secondary N) is 1. The Kier molecular flexibility index (Phi) is 9.89. The number of likely N-dealkylation sites (tertiary alicyclic amines) is 2. The third-order valence-corrected chi connectivity index (χ3v) is 9.70. The lowest BCUT2D eigenvalue weighted by atomic mass is 9.86. The molecule has 46 heavy (non-hydrogen) atoms. The Labute approximate surface area is 280 Å². The molecule has 0 radical (unpaired) electrons. The summed E-state index contributed by atoms with van der Waals surface area (Å²) in [6.45, 7) is 2.48. The van der Waals surface area contributed by atoms with E-state index in [1.807, 2.05) is 34.1 Å². The fourth-order valence-corrected chi connectivity index (χ4v) is 6.96. The van der Waals surface area contributed by atoms with Crippen molar-refractivity contribution in [3.05, 3.63) is 115 Å². The normalized spacial score (nSPS) is 16.4. The summed E-state index contributed by atoms with van der Waals surface area (Å²) in [6.07, 6.45) is 4.40. The summed E-state index contributed by atoms with van der Waals surface area (Å²) >= 11 is 9.45. The molecule has 0 spiro atoms. The predicted molar refractivity (Wildman–Crippen MR) is 181 cm³/mol. The van der Waals surface area contributed by atoms with Crippen LogP contribution in [-0.4, -0.2) is 53.2 Å². The first-order valence-corrected chi connectivity index (χ1v) is 16.9. The van der Waals surface area contributed by atoms with Crippen molar-refractivity contribution in [3.8, 4) is 0 Å². The van der Waals surface area contributed by atoms with E-state index in [9.17, 15) is 19.2 Å². The maximum atomic E-state index is 14.0. The van der Waals surface area contributed by atoms with Gasteiger partial charge in [-0.2, -0.15) is 0 Å². The van der Waals surface area contributed by atoms with Crippen LogP contribution < -0.4 is 10.7 Å². The number of fused-ring (bicyclic) bond motifs is 1. The topological polar surface area (TPSA) is 99.9 Å². The van der Waals surface area contributed by atoms with E-state index in [0.29, 0.717) is 36.5 Å². The lowest BCUT2D eigenvalue weighted by molar-refractivity contribution is -0.135. The third-order valence-electron chi connectivity index (χ3n) is 8.95. The van der Waals surface area contributed by atoms with Crippen molar-refractivity contribution in [1.82, 2.24) is 15.1 Å². The van der Waals surface area contributed by atoms with Crippen molar-refractivity contribution in [1.29, 1.82) is 0 Å². The first-order valence-electron chi connectivity index (χ1n) is 15.7. The number of rotatable bonds is 8. The molecule has 3 aromatic carbocycles. The Morgan fingerprint density at radius 1 is 0.957 bits per heavy atom. The average molecular weight is 705 g/mol. The molecule has 0 saturated carbocycles. The smallest absolute Gasteiger partial charge is 0.287 e. The fourth-order valence-electron chi connectivity index (χ4n) is 6.47. The van der Waals surface area contributed by atoms with Gasteiger partial charge in [-0.25, -0.2) is 0 Å². The summed E-state index contributed by atoms with van der Waals surface area (Å²) in [5.41, 5.74) is 3.18. The van der Waals surface area contributed by atoms with E-state index in [1.54, 1.807) is 30.3 Å². The fraction of sp³-hybridized carbons (Fsp3) is 0.333. The van der Waals surface area contributed by atoms with E-state index in [4.69, 9.17) is 16.0 Å². The SMILES string of the molecule is O=C(N[C@H](Cc1ccc(Cl)cc1)C(=O)N1CCC(c2ccccc2CN2CCCCC2=O)CC1)c1cc(=O)c2cc(Br)ccc2o1. The number of carbonyl (C=O) groups excluding carboxylic acids is 3. The Balaban J connectivity index is 1.17. The molecule has 2 fully saturated rings. The average Bonchev–Trinajstić information content (AvgIpc) is 3.06. The summed E-state index contributed by atoms with van der Waals surface area (Å²) in [5, 5.41) is 3.79. The van der Waals surface area contributed by atoms with E-state index in [2.05, 4.69) is 33.4 Å². The summed E-state index contributed by atoms with van der Waals surface area (Å²) < 4.78 is 6.51. The van der Waals surface area contributed by atoms with Gasteiger partial charge in [0.25, 0.3) is 5.91 Å². The highest BCUT2D eigenvalue weighted by atomic mass is 79.9. The molecule has 3 heterocycles. The van der Waals surface area contributed by atoms with Gasteiger partial charge < -0.3 is 19.5 Å². The molecule has 238 valence electrons. The molecule has 0 unspecified atom stereocenters. The molecule has 10 heteroatoms. The molecule has 4 aromatic rings. The Bertz CT molecular complexity index is 1820. The number of piperidine rings is 2. The van der Waals surface area contributed by atoms with E-state index < -0.39 is 11.9 Å². The minimum absolute atomic E-state index is 0.156. The number of carbonyl (C=O) groups is 3. The van der Waals surface area contributed by atoms with E-state index >= 15 is 0 Å². The van der Waals surface area contributed by atoms with Gasteiger partial charge in [-0.15, -0.1) is 0 Å². The zero-order valence-electron chi connectivity index (χ0n) is 25.3. The van der Waals surface area contributed by atoms with Crippen LogP contribution in [0.5, 0.6) is 0 Å². The van der Waals surface area contributed by atoms with E-state index in [-0.39, 0.29) is 40.9 Å². The molecule has 0 bridgehead atoms. The zero-order chi connectivity index (χ0) is 32.2. The highest BCUT2D eigenvalue weighted by molar-refractivity contribution is 9.10. The minimum Gasteiger partial charge on any atom is -0.451 e. The van der Waals surface area contributed by atoms with E-state index in [1.165, 1.54) is 11.1 Å². The molecule has 2 aliphatic heterocycles. The monoisotopic (exact) mass is 703 g/mol. The Hall–Kier alpha value is -3.95. The first-order chi connectivity index (χ1) is 22.2. The van der Waals surface area contributed by atoms with Crippen molar-refractivity contribution >= 4 is 56.2 Å². The van der Waals surface area contributed by atoms with Gasteiger partial charge in [0.1, 0.15) is 11.6 Å². The largest absolute Gasteiger partial charge is 0.451 e. The molecule has 8 nitrogen and oxygen atoms in total. The van der Waals surface area contributed by atoms with Gasteiger partial charge in [0.05, 0.1) is 5.39 Å². The minimum atomic E-state index is -0.881. The van der Waals surface area contributed by atoms with Crippen molar-refractivity contribution in [2.45, 2.75) is 57.0 Å². The highest BCUT2D eigenvalue weighted by Crippen LogP contribution is 2.32. The third kappa shape index (κ3) is 7.37. The molecule has 6 rings (SSSR count). The van der Waals surface area contributed by atoms with Gasteiger partial charge >= 0.3 is 0 Å². The summed E-state index contributed by atoms with van der Waals surface area (Å²) in [5.74, 6) is -0.509. The van der Waals surface area contributed by atoms with Crippen LogP contribution in [0.4, 0.5) is 0 Å². The predicted octanol–water partition coefficient (Wildman–Crippen LogP) is 6.47.